The first-order chi connectivity index (χ1) is 6.07. The standard InChI is InChI=1S/C7H17N5O/c1-11-5(6(8)13)3-2-4-12-7(9)10/h5,11H,2-4H2,1H3,(H2,8,13)(H4,9,10,12)/t5-/m0/s1. The molecule has 0 aliphatic heterocycles. The summed E-state index contributed by atoms with van der Waals surface area (Å²) in [5, 5.41) is 2.80. The monoisotopic (exact) mass is 187 g/mol. The number of primary amides is 1. The lowest BCUT2D eigenvalue weighted by Gasteiger charge is -2.10. The molecule has 0 radical (unpaired) electrons. The average Bonchev–Trinajstić information content (AvgIpc) is 2.03. The van der Waals surface area contributed by atoms with E-state index in [9.17, 15) is 4.79 Å². The number of hydrogen-bond acceptors (Lipinski definition) is 3. The van der Waals surface area contributed by atoms with Crippen molar-refractivity contribution in [3.05, 3.63) is 0 Å². The van der Waals surface area contributed by atoms with Crippen LogP contribution in [0.2, 0.25) is 0 Å². The van der Waals surface area contributed by atoms with Gasteiger partial charge in [-0.3, -0.25) is 9.79 Å². The first-order valence-electron chi connectivity index (χ1n) is 4.10. The Kier molecular flexibility index (Phi) is 5.62. The van der Waals surface area contributed by atoms with Gasteiger partial charge in [-0.1, -0.05) is 0 Å². The number of amides is 1. The minimum atomic E-state index is -0.354. The van der Waals surface area contributed by atoms with Crippen LogP contribution >= 0.6 is 0 Å². The minimum Gasteiger partial charge on any atom is -0.370 e. The van der Waals surface area contributed by atoms with E-state index in [0.29, 0.717) is 13.0 Å². The largest absolute Gasteiger partial charge is 0.370 e. The van der Waals surface area contributed by atoms with Crippen LogP contribution in [0.5, 0.6) is 0 Å². The highest BCUT2D eigenvalue weighted by molar-refractivity contribution is 5.79. The van der Waals surface area contributed by atoms with Crippen LogP contribution in [-0.4, -0.2) is 31.5 Å². The highest BCUT2D eigenvalue weighted by atomic mass is 16.1. The quantitative estimate of drug-likeness (QED) is 0.221. The van der Waals surface area contributed by atoms with Gasteiger partial charge in [0, 0.05) is 6.54 Å². The molecule has 1 amide bonds. The van der Waals surface area contributed by atoms with E-state index in [1.807, 2.05) is 0 Å². The van der Waals surface area contributed by atoms with Gasteiger partial charge in [0.2, 0.25) is 5.91 Å². The van der Waals surface area contributed by atoms with Gasteiger partial charge in [-0.25, -0.2) is 0 Å². The first-order valence-corrected chi connectivity index (χ1v) is 4.10. The van der Waals surface area contributed by atoms with Crippen LogP contribution in [0, 0.1) is 0 Å². The second kappa shape index (κ2) is 6.24. The number of nitrogens with zero attached hydrogens (tertiary/aromatic N) is 1. The Morgan fingerprint density at radius 3 is 2.46 bits per heavy atom. The second-order valence-corrected chi connectivity index (χ2v) is 2.69. The van der Waals surface area contributed by atoms with Crippen LogP contribution in [0.3, 0.4) is 0 Å². The average molecular weight is 187 g/mol. The smallest absolute Gasteiger partial charge is 0.234 e. The van der Waals surface area contributed by atoms with Gasteiger partial charge >= 0.3 is 0 Å². The molecule has 0 saturated carbocycles. The maximum Gasteiger partial charge on any atom is 0.234 e. The second-order valence-electron chi connectivity index (χ2n) is 2.69. The number of carbonyl (C=O) groups is 1. The number of aliphatic imine (C=N–C) groups is 1. The summed E-state index contributed by atoms with van der Waals surface area (Å²) < 4.78 is 0. The molecule has 1 atom stereocenters. The van der Waals surface area contributed by atoms with Gasteiger partial charge in [0.05, 0.1) is 6.04 Å². The summed E-state index contributed by atoms with van der Waals surface area (Å²) >= 11 is 0. The third-order valence-corrected chi connectivity index (χ3v) is 1.64. The molecule has 7 N–H and O–H groups in total. The predicted octanol–water partition coefficient (Wildman–Crippen LogP) is -1.89. The van der Waals surface area contributed by atoms with Gasteiger partial charge < -0.3 is 22.5 Å². The van der Waals surface area contributed by atoms with Crippen molar-refractivity contribution >= 4 is 11.9 Å². The molecule has 0 aliphatic carbocycles. The lowest BCUT2D eigenvalue weighted by Crippen LogP contribution is -2.39. The zero-order chi connectivity index (χ0) is 10.3. The summed E-state index contributed by atoms with van der Waals surface area (Å²) in [5.74, 6) is -0.285. The molecule has 0 saturated heterocycles. The van der Waals surface area contributed by atoms with E-state index in [0.717, 1.165) is 6.42 Å². The lowest BCUT2D eigenvalue weighted by molar-refractivity contribution is -0.120. The SMILES string of the molecule is CN[C@@H](CCCN=C(N)N)C(N)=O. The van der Waals surface area contributed by atoms with Crippen LogP contribution in [0.1, 0.15) is 12.8 Å². The van der Waals surface area contributed by atoms with Crippen LogP contribution in [0.4, 0.5) is 0 Å². The van der Waals surface area contributed by atoms with E-state index in [1.54, 1.807) is 7.05 Å². The summed E-state index contributed by atoms with van der Waals surface area (Å²) in [4.78, 5) is 14.5. The molecule has 0 spiro atoms. The van der Waals surface area contributed by atoms with Crippen LogP contribution in [-0.2, 0) is 4.79 Å². The van der Waals surface area contributed by atoms with E-state index in [2.05, 4.69) is 10.3 Å². The third kappa shape index (κ3) is 5.92. The molecule has 6 heteroatoms. The molecule has 0 heterocycles. The van der Waals surface area contributed by atoms with E-state index in [1.165, 1.54) is 0 Å². The molecule has 0 unspecified atom stereocenters. The number of guanidine groups is 1. The summed E-state index contributed by atoms with van der Waals surface area (Å²) in [6.45, 7) is 0.522. The van der Waals surface area contributed by atoms with Crippen molar-refractivity contribution in [1.82, 2.24) is 5.32 Å². The number of nitrogens with two attached hydrogens (primary N) is 3. The first kappa shape index (κ1) is 11.7. The van der Waals surface area contributed by atoms with Gasteiger partial charge in [0.1, 0.15) is 0 Å². The summed E-state index contributed by atoms with van der Waals surface area (Å²) in [5.41, 5.74) is 15.3. The maximum absolute atomic E-state index is 10.7. The predicted molar refractivity (Wildman–Crippen MR) is 52.0 cm³/mol. The van der Waals surface area contributed by atoms with Gasteiger partial charge in [0.15, 0.2) is 5.96 Å². The Balaban J connectivity index is 3.62. The highest BCUT2D eigenvalue weighted by Gasteiger charge is 2.10. The molecule has 0 fully saturated rings. The Morgan fingerprint density at radius 1 is 1.46 bits per heavy atom. The van der Waals surface area contributed by atoms with Crippen LogP contribution < -0.4 is 22.5 Å². The third-order valence-electron chi connectivity index (χ3n) is 1.64. The van der Waals surface area contributed by atoms with Gasteiger partial charge in [-0.15, -0.1) is 0 Å². The summed E-state index contributed by atoms with van der Waals surface area (Å²) in [7, 11) is 1.69. The maximum atomic E-state index is 10.7. The molecule has 0 aromatic rings. The molecule has 0 aromatic carbocycles. The van der Waals surface area contributed by atoms with Crippen LogP contribution in [0.25, 0.3) is 0 Å². The normalized spacial score (nSPS) is 12.1. The molecule has 0 aromatic heterocycles. The van der Waals surface area contributed by atoms with Crippen molar-refractivity contribution in [2.75, 3.05) is 13.6 Å². The van der Waals surface area contributed by atoms with E-state index >= 15 is 0 Å². The molecular weight excluding hydrogens is 170 g/mol. The molecule has 0 bridgehead atoms. The molecule has 13 heavy (non-hydrogen) atoms. The van der Waals surface area contributed by atoms with Crippen molar-refractivity contribution in [3.8, 4) is 0 Å². The van der Waals surface area contributed by atoms with Crippen molar-refractivity contribution in [2.24, 2.45) is 22.2 Å². The van der Waals surface area contributed by atoms with E-state index in [4.69, 9.17) is 17.2 Å². The number of nitrogens with one attached hydrogen (secondary N) is 1. The summed E-state index contributed by atoms with van der Waals surface area (Å²) in [6, 6.07) is -0.297. The Bertz CT molecular complexity index is 187. The Hall–Kier alpha value is -1.30. The summed E-state index contributed by atoms with van der Waals surface area (Å²) in [6.07, 6.45) is 1.37. The Labute approximate surface area is 77.6 Å². The molecule has 0 aliphatic rings. The fourth-order valence-electron chi connectivity index (χ4n) is 0.932. The minimum absolute atomic E-state index is 0.0695. The number of carbonyl (C=O) groups excluding carboxylic acids is 1. The topological polar surface area (TPSA) is 120 Å². The number of likely N-dealkylation sites (N-methyl/N-ethyl adjacent to an activating group) is 1. The van der Waals surface area contributed by atoms with E-state index in [-0.39, 0.29) is 17.9 Å². The van der Waals surface area contributed by atoms with Crippen molar-refractivity contribution < 1.29 is 4.79 Å². The van der Waals surface area contributed by atoms with E-state index < -0.39 is 0 Å². The van der Waals surface area contributed by atoms with Gasteiger partial charge in [-0.05, 0) is 19.9 Å². The van der Waals surface area contributed by atoms with Crippen molar-refractivity contribution in [1.29, 1.82) is 0 Å². The molecule has 76 valence electrons. The van der Waals surface area contributed by atoms with Gasteiger partial charge in [0.25, 0.3) is 0 Å². The molecule has 6 nitrogen and oxygen atoms in total. The lowest BCUT2D eigenvalue weighted by atomic mass is 10.1. The fourth-order valence-corrected chi connectivity index (χ4v) is 0.932. The highest BCUT2D eigenvalue weighted by Crippen LogP contribution is 1.96. The Morgan fingerprint density at radius 2 is 2.08 bits per heavy atom. The molecular formula is C7H17N5O. The zero-order valence-electron chi connectivity index (χ0n) is 7.79. The fraction of sp³-hybridized carbons (Fsp3) is 0.714. The van der Waals surface area contributed by atoms with Crippen molar-refractivity contribution in [3.63, 3.8) is 0 Å². The zero-order valence-corrected chi connectivity index (χ0v) is 7.79. The van der Waals surface area contributed by atoms with Crippen molar-refractivity contribution in [2.45, 2.75) is 18.9 Å². The molecule has 0 rings (SSSR count). The number of rotatable bonds is 6. The number of hydrogen-bond donors (Lipinski definition) is 4. The van der Waals surface area contributed by atoms with Crippen LogP contribution in [0.15, 0.2) is 4.99 Å². The van der Waals surface area contributed by atoms with Gasteiger partial charge in [-0.2, -0.15) is 0 Å².